The van der Waals surface area contributed by atoms with Crippen LogP contribution in [0.1, 0.15) is 23.0 Å². The van der Waals surface area contributed by atoms with E-state index in [0.717, 1.165) is 11.3 Å². The number of carbonyl (C=O) groups excluding carboxylic acids is 2. The van der Waals surface area contributed by atoms with Crippen molar-refractivity contribution in [2.75, 3.05) is 11.9 Å². The Labute approximate surface area is 161 Å². The number of hydrogen-bond donors (Lipinski definition) is 1. The molecular formula is C18H21N7O3. The van der Waals surface area contributed by atoms with E-state index in [4.69, 9.17) is 4.74 Å². The number of aryl methyl sites for hydroxylation is 2. The van der Waals surface area contributed by atoms with E-state index >= 15 is 0 Å². The van der Waals surface area contributed by atoms with Gasteiger partial charge in [0.05, 0.1) is 17.1 Å². The second-order valence-corrected chi connectivity index (χ2v) is 6.32. The summed E-state index contributed by atoms with van der Waals surface area (Å²) in [4.78, 5) is 24.8. The number of rotatable bonds is 7. The molecule has 2 aromatic heterocycles. The van der Waals surface area contributed by atoms with Crippen LogP contribution in [0.3, 0.4) is 0 Å². The van der Waals surface area contributed by atoms with E-state index in [9.17, 15) is 9.59 Å². The third-order valence-electron chi connectivity index (χ3n) is 4.35. The van der Waals surface area contributed by atoms with Gasteiger partial charge in [0.1, 0.15) is 6.33 Å². The highest BCUT2D eigenvalue weighted by Crippen LogP contribution is 2.18. The number of carbonyl (C=O) groups is 2. The van der Waals surface area contributed by atoms with Crippen molar-refractivity contribution >= 4 is 17.6 Å². The zero-order valence-corrected chi connectivity index (χ0v) is 15.9. The quantitative estimate of drug-likeness (QED) is 0.605. The molecule has 2 heterocycles. The lowest BCUT2D eigenvalue weighted by atomic mass is 10.1. The van der Waals surface area contributed by atoms with Gasteiger partial charge in [0.2, 0.25) is 0 Å². The fourth-order valence-electron chi connectivity index (χ4n) is 2.80. The first-order valence-corrected chi connectivity index (χ1v) is 8.68. The van der Waals surface area contributed by atoms with Crippen molar-refractivity contribution in [2.24, 2.45) is 7.05 Å². The minimum Gasteiger partial charge on any atom is -0.454 e. The average Bonchev–Trinajstić information content (AvgIpc) is 3.30. The monoisotopic (exact) mass is 383 g/mol. The topological polar surface area (TPSA) is 117 Å². The van der Waals surface area contributed by atoms with Crippen molar-refractivity contribution in [3.63, 3.8) is 0 Å². The van der Waals surface area contributed by atoms with Gasteiger partial charge in [-0.3, -0.25) is 9.48 Å². The van der Waals surface area contributed by atoms with Gasteiger partial charge in [-0.25, -0.2) is 9.48 Å². The maximum atomic E-state index is 12.6. The maximum Gasteiger partial charge on any atom is 0.331 e. The summed E-state index contributed by atoms with van der Waals surface area (Å²) >= 11 is 0. The number of anilines is 1. The summed E-state index contributed by atoms with van der Waals surface area (Å²) in [7, 11) is 1.79. The predicted molar refractivity (Wildman–Crippen MR) is 99.3 cm³/mol. The average molecular weight is 383 g/mol. The molecule has 0 saturated carbocycles. The summed E-state index contributed by atoms with van der Waals surface area (Å²) in [6, 6.07) is 8.66. The minimum absolute atomic E-state index is 0.340. The second-order valence-electron chi connectivity index (χ2n) is 6.32. The van der Waals surface area contributed by atoms with Crippen molar-refractivity contribution in [3.05, 3.63) is 53.6 Å². The third kappa shape index (κ3) is 4.40. The third-order valence-corrected chi connectivity index (χ3v) is 4.35. The molecule has 1 N–H and O–H groups in total. The van der Waals surface area contributed by atoms with Crippen molar-refractivity contribution in [1.82, 2.24) is 30.0 Å². The zero-order chi connectivity index (χ0) is 20.1. The number of aromatic nitrogens is 6. The van der Waals surface area contributed by atoms with E-state index in [1.54, 1.807) is 18.7 Å². The Morgan fingerprint density at radius 1 is 1.21 bits per heavy atom. The number of nitrogens with zero attached hydrogens (tertiary/aromatic N) is 6. The van der Waals surface area contributed by atoms with Crippen LogP contribution in [0.4, 0.5) is 5.69 Å². The predicted octanol–water partition coefficient (Wildman–Crippen LogP) is 0.989. The Morgan fingerprint density at radius 3 is 2.57 bits per heavy atom. The van der Waals surface area contributed by atoms with E-state index < -0.39 is 24.5 Å². The molecule has 0 bridgehead atoms. The molecule has 0 radical (unpaired) electrons. The number of ether oxygens (including phenoxy) is 1. The van der Waals surface area contributed by atoms with Gasteiger partial charge >= 0.3 is 5.97 Å². The molecular weight excluding hydrogens is 362 g/mol. The van der Waals surface area contributed by atoms with E-state index in [1.165, 1.54) is 11.0 Å². The molecule has 10 heteroatoms. The number of benzene rings is 1. The van der Waals surface area contributed by atoms with Crippen LogP contribution in [0, 0.1) is 13.8 Å². The van der Waals surface area contributed by atoms with Crippen molar-refractivity contribution in [2.45, 2.75) is 26.3 Å². The van der Waals surface area contributed by atoms with Crippen LogP contribution in [-0.4, -0.2) is 48.5 Å². The molecule has 1 amide bonds. The SMILES string of the molecule is Cc1nn(C)c(C)c1NC(=O)COC(=O)[C@@H](Cc1ccccc1)n1cnnn1. The first kappa shape index (κ1) is 19.2. The maximum absolute atomic E-state index is 12.6. The molecule has 0 fully saturated rings. The molecule has 3 aromatic rings. The van der Waals surface area contributed by atoms with Gasteiger partial charge < -0.3 is 10.1 Å². The lowest BCUT2D eigenvalue weighted by Gasteiger charge is -2.15. The molecule has 0 spiro atoms. The number of hydrogen-bond acceptors (Lipinski definition) is 7. The molecule has 1 aromatic carbocycles. The van der Waals surface area contributed by atoms with Crippen LogP contribution in [0.2, 0.25) is 0 Å². The van der Waals surface area contributed by atoms with Crippen LogP contribution in [0.15, 0.2) is 36.7 Å². The number of esters is 1. The van der Waals surface area contributed by atoms with Crippen molar-refractivity contribution in [1.29, 1.82) is 0 Å². The van der Waals surface area contributed by atoms with Crippen LogP contribution in [0.5, 0.6) is 0 Å². The molecule has 10 nitrogen and oxygen atoms in total. The van der Waals surface area contributed by atoms with Gasteiger partial charge in [-0.05, 0) is 29.8 Å². The molecule has 146 valence electrons. The summed E-state index contributed by atoms with van der Waals surface area (Å²) in [6.07, 6.45) is 1.68. The van der Waals surface area contributed by atoms with E-state index in [1.807, 2.05) is 37.3 Å². The molecule has 28 heavy (non-hydrogen) atoms. The standard InChI is InChI=1S/C18H21N7O3/c1-12-17(13(2)24(3)21-12)20-16(26)10-28-18(27)15(25-11-19-22-23-25)9-14-7-5-4-6-8-14/h4-8,11,15H,9-10H2,1-3H3,(H,20,26)/t15-/m1/s1. The smallest absolute Gasteiger partial charge is 0.331 e. The lowest BCUT2D eigenvalue weighted by Crippen LogP contribution is -2.28. The van der Waals surface area contributed by atoms with Crippen molar-refractivity contribution < 1.29 is 14.3 Å². The number of nitrogens with one attached hydrogen (secondary N) is 1. The number of tetrazole rings is 1. The first-order valence-electron chi connectivity index (χ1n) is 8.68. The lowest BCUT2D eigenvalue weighted by molar-refractivity contribution is -0.151. The fourth-order valence-corrected chi connectivity index (χ4v) is 2.80. The summed E-state index contributed by atoms with van der Waals surface area (Å²) < 4.78 is 8.22. The van der Waals surface area contributed by atoms with E-state index in [-0.39, 0.29) is 0 Å². The molecule has 3 rings (SSSR count). The summed E-state index contributed by atoms with van der Waals surface area (Å²) in [5.74, 6) is -1.03. The van der Waals surface area contributed by atoms with Gasteiger partial charge in [0, 0.05) is 13.5 Å². The van der Waals surface area contributed by atoms with Gasteiger partial charge in [0.15, 0.2) is 12.6 Å². The Kier molecular flexibility index (Phi) is 5.78. The molecule has 0 aliphatic carbocycles. The van der Waals surface area contributed by atoms with Gasteiger partial charge in [-0.1, -0.05) is 30.3 Å². The Morgan fingerprint density at radius 2 is 1.96 bits per heavy atom. The van der Waals surface area contributed by atoms with Crippen LogP contribution in [0.25, 0.3) is 0 Å². The summed E-state index contributed by atoms with van der Waals surface area (Å²) in [6.45, 7) is 3.22. The summed E-state index contributed by atoms with van der Waals surface area (Å²) in [5.41, 5.74) is 3.04. The largest absolute Gasteiger partial charge is 0.454 e. The minimum atomic E-state index is -0.771. The molecule has 0 saturated heterocycles. The van der Waals surface area contributed by atoms with E-state index in [2.05, 4.69) is 25.9 Å². The van der Waals surface area contributed by atoms with Gasteiger partial charge in [0.25, 0.3) is 5.91 Å². The van der Waals surface area contributed by atoms with Crippen LogP contribution < -0.4 is 5.32 Å². The highest BCUT2D eigenvalue weighted by atomic mass is 16.5. The first-order chi connectivity index (χ1) is 13.5. The van der Waals surface area contributed by atoms with Gasteiger partial charge in [-0.2, -0.15) is 5.10 Å². The highest BCUT2D eigenvalue weighted by Gasteiger charge is 2.25. The summed E-state index contributed by atoms with van der Waals surface area (Å²) in [5, 5.41) is 17.9. The van der Waals surface area contributed by atoms with Crippen molar-refractivity contribution in [3.8, 4) is 0 Å². The Balaban J connectivity index is 1.64. The van der Waals surface area contributed by atoms with Crippen LogP contribution in [-0.2, 0) is 27.8 Å². The molecule has 0 aliphatic heterocycles. The molecule has 0 aliphatic rings. The van der Waals surface area contributed by atoms with Gasteiger partial charge in [-0.15, -0.1) is 5.10 Å². The normalized spacial score (nSPS) is 11.8. The number of amides is 1. The Hall–Kier alpha value is -3.56. The fraction of sp³-hybridized carbons (Fsp3) is 0.333. The molecule has 0 unspecified atom stereocenters. The van der Waals surface area contributed by atoms with Crippen LogP contribution >= 0.6 is 0 Å². The zero-order valence-electron chi connectivity index (χ0n) is 15.9. The molecule has 1 atom stereocenters. The highest BCUT2D eigenvalue weighted by molar-refractivity contribution is 5.94. The second kappa shape index (κ2) is 8.42. The van der Waals surface area contributed by atoms with E-state index in [0.29, 0.717) is 17.8 Å². The Bertz CT molecular complexity index is 951.